The Morgan fingerprint density at radius 3 is 3.00 bits per heavy atom. The zero-order valence-corrected chi connectivity index (χ0v) is 17.4. The number of aryl methyl sites for hydroxylation is 1. The molecule has 1 N–H and O–H groups in total. The van der Waals surface area contributed by atoms with Crippen molar-refractivity contribution in [3.8, 4) is 5.75 Å². The summed E-state index contributed by atoms with van der Waals surface area (Å²) in [6.45, 7) is 4.08. The van der Waals surface area contributed by atoms with Gasteiger partial charge in [0.2, 0.25) is 11.8 Å². The Morgan fingerprint density at radius 1 is 1.33 bits per heavy atom. The van der Waals surface area contributed by atoms with Gasteiger partial charge in [-0.05, 0) is 25.8 Å². The quantitative estimate of drug-likeness (QED) is 0.789. The van der Waals surface area contributed by atoms with Gasteiger partial charge in [0.05, 0.1) is 6.04 Å². The molecule has 2 aliphatic heterocycles. The number of carbonyl (C=O) groups excluding carboxylic acids is 2. The fourth-order valence-corrected chi connectivity index (χ4v) is 4.49. The first-order valence-electron chi connectivity index (χ1n) is 10.8. The number of nitrogens with zero attached hydrogens (tertiary/aromatic N) is 4. The van der Waals surface area contributed by atoms with Crippen LogP contribution in [0.1, 0.15) is 57.1 Å². The Hall–Kier alpha value is -2.90. The van der Waals surface area contributed by atoms with Crippen LogP contribution in [0.25, 0.3) is 0 Å². The molecule has 1 fully saturated rings. The van der Waals surface area contributed by atoms with Crippen molar-refractivity contribution in [2.45, 2.75) is 63.6 Å². The lowest BCUT2D eigenvalue weighted by Gasteiger charge is -2.42. The van der Waals surface area contributed by atoms with E-state index in [2.05, 4.69) is 15.4 Å². The van der Waals surface area contributed by atoms with Crippen LogP contribution in [0.3, 0.4) is 0 Å². The molecule has 1 aromatic carbocycles. The van der Waals surface area contributed by atoms with Crippen LogP contribution in [0.4, 0.5) is 0 Å². The number of hydrogen-bond donors (Lipinski definition) is 1. The monoisotopic (exact) mass is 411 g/mol. The van der Waals surface area contributed by atoms with Gasteiger partial charge in [0.15, 0.2) is 0 Å². The summed E-state index contributed by atoms with van der Waals surface area (Å²) in [6, 6.07) is 7.79. The zero-order valence-electron chi connectivity index (χ0n) is 17.4. The number of nitrogens with one attached hydrogen (secondary N) is 1. The lowest BCUT2D eigenvalue weighted by atomic mass is 9.82. The molecule has 2 atom stereocenters. The molecule has 2 aromatic rings. The van der Waals surface area contributed by atoms with E-state index in [0.29, 0.717) is 45.2 Å². The SMILES string of the molecule is CCN1CC[C@]2(CCC1=O)C[C@@H](NC(=O)CCCn1cncn1)c1ccccc1O2. The van der Waals surface area contributed by atoms with Crippen molar-refractivity contribution >= 4 is 11.8 Å². The van der Waals surface area contributed by atoms with E-state index in [1.54, 1.807) is 11.0 Å². The zero-order chi connectivity index (χ0) is 21.0. The predicted octanol–water partition coefficient (Wildman–Crippen LogP) is 2.47. The van der Waals surface area contributed by atoms with Gasteiger partial charge >= 0.3 is 0 Å². The van der Waals surface area contributed by atoms with E-state index in [9.17, 15) is 9.59 Å². The molecule has 0 saturated carbocycles. The highest BCUT2D eigenvalue weighted by molar-refractivity contribution is 5.77. The van der Waals surface area contributed by atoms with Gasteiger partial charge < -0.3 is 15.0 Å². The summed E-state index contributed by atoms with van der Waals surface area (Å²) in [5.41, 5.74) is 0.586. The Labute approximate surface area is 176 Å². The summed E-state index contributed by atoms with van der Waals surface area (Å²) >= 11 is 0. The molecule has 0 unspecified atom stereocenters. The molecule has 0 aliphatic carbocycles. The third-order valence-electron chi connectivity index (χ3n) is 6.16. The van der Waals surface area contributed by atoms with Crippen LogP contribution in [0.15, 0.2) is 36.9 Å². The molecule has 8 nitrogen and oxygen atoms in total. The topological polar surface area (TPSA) is 89.4 Å². The van der Waals surface area contributed by atoms with E-state index in [1.165, 1.54) is 6.33 Å². The van der Waals surface area contributed by atoms with E-state index in [-0.39, 0.29) is 17.9 Å². The predicted molar refractivity (Wildman–Crippen MR) is 111 cm³/mol. The van der Waals surface area contributed by atoms with E-state index in [1.807, 2.05) is 36.1 Å². The molecule has 0 radical (unpaired) electrons. The standard InChI is InChI=1S/C22H29N5O3/c1-2-26-13-11-22(10-9-21(26)29)14-18(17-6-3-4-7-19(17)30-22)25-20(28)8-5-12-27-16-23-15-24-27/h3-4,6-7,15-16,18H,2,5,8-14H2,1H3,(H,25,28)/t18-,22-/m1/s1. The summed E-state index contributed by atoms with van der Waals surface area (Å²) < 4.78 is 8.20. The number of benzene rings is 1. The largest absolute Gasteiger partial charge is 0.487 e. The first-order valence-corrected chi connectivity index (χ1v) is 10.8. The van der Waals surface area contributed by atoms with Crippen LogP contribution in [-0.4, -0.2) is 50.2 Å². The van der Waals surface area contributed by atoms with E-state index in [0.717, 1.165) is 24.3 Å². The normalized spacial score (nSPS) is 23.6. The molecular weight excluding hydrogens is 382 g/mol. The molecule has 4 rings (SSSR count). The van der Waals surface area contributed by atoms with Gasteiger partial charge in [0, 0.05) is 50.9 Å². The first kappa shape index (κ1) is 20.4. The van der Waals surface area contributed by atoms with Crippen molar-refractivity contribution in [2.75, 3.05) is 13.1 Å². The van der Waals surface area contributed by atoms with Gasteiger partial charge in [-0.1, -0.05) is 18.2 Å². The second kappa shape index (κ2) is 8.85. The molecule has 160 valence electrons. The van der Waals surface area contributed by atoms with Crippen LogP contribution in [0.2, 0.25) is 0 Å². The summed E-state index contributed by atoms with van der Waals surface area (Å²) in [4.78, 5) is 30.9. The van der Waals surface area contributed by atoms with Gasteiger partial charge in [0.25, 0.3) is 0 Å². The number of carbonyl (C=O) groups is 2. The molecule has 1 aromatic heterocycles. The van der Waals surface area contributed by atoms with Crippen molar-refractivity contribution < 1.29 is 14.3 Å². The lowest BCUT2D eigenvalue weighted by Crippen LogP contribution is -2.46. The number of aromatic nitrogens is 3. The van der Waals surface area contributed by atoms with Crippen LogP contribution < -0.4 is 10.1 Å². The highest BCUT2D eigenvalue weighted by Crippen LogP contribution is 2.44. The number of fused-ring (bicyclic) bond motifs is 1. The maximum atomic E-state index is 12.7. The Morgan fingerprint density at radius 2 is 2.20 bits per heavy atom. The Balaban J connectivity index is 1.45. The summed E-state index contributed by atoms with van der Waals surface area (Å²) in [5.74, 6) is 1.02. The number of rotatable bonds is 6. The fourth-order valence-electron chi connectivity index (χ4n) is 4.49. The molecule has 1 spiro atoms. The average Bonchev–Trinajstić information content (AvgIpc) is 3.21. The molecule has 1 saturated heterocycles. The molecule has 2 amide bonds. The molecular formula is C22H29N5O3. The number of likely N-dealkylation sites (tertiary alicyclic amines) is 1. The van der Waals surface area contributed by atoms with Crippen LogP contribution in [-0.2, 0) is 16.1 Å². The minimum atomic E-state index is -0.424. The molecule has 8 heteroatoms. The van der Waals surface area contributed by atoms with Gasteiger partial charge in [0.1, 0.15) is 24.0 Å². The van der Waals surface area contributed by atoms with Gasteiger partial charge in [-0.3, -0.25) is 14.3 Å². The smallest absolute Gasteiger partial charge is 0.222 e. The van der Waals surface area contributed by atoms with Gasteiger partial charge in [-0.15, -0.1) is 0 Å². The third kappa shape index (κ3) is 4.47. The second-order valence-electron chi connectivity index (χ2n) is 8.13. The minimum Gasteiger partial charge on any atom is -0.487 e. The summed E-state index contributed by atoms with van der Waals surface area (Å²) in [6.07, 6.45) is 6.89. The van der Waals surface area contributed by atoms with Crippen molar-refractivity contribution in [3.05, 3.63) is 42.5 Å². The number of para-hydroxylation sites is 1. The van der Waals surface area contributed by atoms with E-state index in [4.69, 9.17) is 4.74 Å². The van der Waals surface area contributed by atoms with Crippen LogP contribution in [0, 0.1) is 0 Å². The minimum absolute atomic E-state index is 0.0202. The second-order valence-corrected chi connectivity index (χ2v) is 8.13. The molecule has 30 heavy (non-hydrogen) atoms. The maximum Gasteiger partial charge on any atom is 0.222 e. The highest BCUT2D eigenvalue weighted by atomic mass is 16.5. The Kier molecular flexibility index (Phi) is 6.01. The number of ether oxygens (including phenoxy) is 1. The van der Waals surface area contributed by atoms with Gasteiger partial charge in [-0.2, -0.15) is 5.10 Å². The third-order valence-corrected chi connectivity index (χ3v) is 6.16. The fraction of sp³-hybridized carbons (Fsp3) is 0.545. The molecule has 3 heterocycles. The summed E-state index contributed by atoms with van der Waals surface area (Å²) in [7, 11) is 0. The van der Waals surface area contributed by atoms with E-state index >= 15 is 0 Å². The van der Waals surface area contributed by atoms with Crippen molar-refractivity contribution in [3.63, 3.8) is 0 Å². The average molecular weight is 412 g/mol. The van der Waals surface area contributed by atoms with Crippen LogP contribution >= 0.6 is 0 Å². The van der Waals surface area contributed by atoms with E-state index < -0.39 is 5.60 Å². The van der Waals surface area contributed by atoms with Gasteiger partial charge in [-0.25, -0.2) is 4.98 Å². The van der Waals surface area contributed by atoms with Crippen molar-refractivity contribution in [1.82, 2.24) is 25.0 Å². The first-order chi connectivity index (χ1) is 14.6. The maximum absolute atomic E-state index is 12.7. The summed E-state index contributed by atoms with van der Waals surface area (Å²) in [5, 5.41) is 7.29. The molecule has 2 aliphatic rings. The van der Waals surface area contributed by atoms with Crippen LogP contribution in [0.5, 0.6) is 5.75 Å². The van der Waals surface area contributed by atoms with Crippen molar-refractivity contribution in [1.29, 1.82) is 0 Å². The lowest BCUT2D eigenvalue weighted by molar-refractivity contribution is -0.130. The Bertz CT molecular complexity index is 885. The molecule has 0 bridgehead atoms. The highest BCUT2D eigenvalue weighted by Gasteiger charge is 2.43. The number of hydrogen-bond acceptors (Lipinski definition) is 5. The van der Waals surface area contributed by atoms with Crippen molar-refractivity contribution in [2.24, 2.45) is 0 Å². The number of amides is 2.